The lowest BCUT2D eigenvalue weighted by Gasteiger charge is -2.33. The summed E-state index contributed by atoms with van der Waals surface area (Å²) in [7, 11) is 0. The fourth-order valence-electron chi connectivity index (χ4n) is 2.38. The van der Waals surface area contributed by atoms with E-state index >= 15 is 0 Å². The molecule has 1 fully saturated rings. The molecule has 0 bridgehead atoms. The van der Waals surface area contributed by atoms with Crippen LogP contribution in [0.15, 0.2) is 18.3 Å². The van der Waals surface area contributed by atoms with E-state index in [1.165, 1.54) is 0 Å². The molecule has 0 aliphatic carbocycles. The Morgan fingerprint density at radius 2 is 2.26 bits per heavy atom. The van der Waals surface area contributed by atoms with E-state index in [4.69, 9.17) is 5.84 Å². The lowest BCUT2D eigenvalue weighted by molar-refractivity contribution is -0.187. The van der Waals surface area contributed by atoms with Crippen molar-refractivity contribution in [1.29, 1.82) is 0 Å². The number of anilines is 1. The van der Waals surface area contributed by atoms with Gasteiger partial charge >= 0.3 is 6.18 Å². The van der Waals surface area contributed by atoms with E-state index in [-0.39, 0.29) is 13.0 Å². The molecule has 0 aromatic carbocycles. The Labute approximate surface area is 109 Å². The zero-order valence-electron chi connectivity index (χ0n) is 10.5. The van der Waals surface area contributed by atoms with E-state index in [1.54, 1.807) is 18.3 Å². The maximum absolute atomic E-state index is 12.7. The van der Waals surface area contributed by atoms with Crippen LogP contribution in [-0.4, -0.2) is 29.1 Å². The minimum atomic E-state index is -4.10. The maximum Gasteiger partial charge on any atom is 0.393 e. The number of alkyl halides is 3. The average molecular weight is 274 g/mol. The number of nitrogens with two attached hydrogens (primary N) is 1. The molecule has 1 aliphatic heterocycles. The molecule has 19 heavy (non-hydrogen) atoms. The number of likely N-dealkylation sites (tertiary alicyclic amines) is 1. The van der Waals surface area contributed by atoms with Gasteiger partial charge in [0.1, 0.15) is 5.82 Å². The summed E-state index contributed by atoms with van der Waals surface area (Å²) < 4.78 is 38.1. The Hall–Kier alpha value is -1.34. The summed E-state index contributed by atoms with van der Waals surface area (Å²) in [6, 6.07) is 3.54. The van der Waals surface area contributed by atoms with Gasteiger partial charge in [-0.3, -0.25) is 4.90 Å². The number of pyridine rings is 1. The van der Waals surface area contributed by atoms with Crippen molar-refractivity contribution in [2.75, 3.05) is 18.5 Å². The molecule has 1 unspecified atom stereocenters. The van der Waals surface area contributed by atoms with Crippen molar-refractivity contribution in [2.45, 2.75) is 25.6 Å². The van der Waals surface area contributed by atoms with Gasteiger partial charge in [-0.05, 0) is 37.1 Å². The minimum Gasteiger partial charge on any atom is -0.308 e. The molecule has 0 radical (unpaired) electrons. The normalized spacial score (nSPS) is 21.4. The molecule has 2 rings (SSSR count). The largest absolute Gasteiger partial charge is 0.393 e. The van der Waals surface area contributed by atoms with Gasteiger partial charge in [0.15, 0.2) is 0 Å². The lowest BCUT2D eigenvalue weighted by Crippen LogP contribution is -2.41. The van der Waals surface area contributed by atoms with Crippen molar-refractivity contribution in [1.82, 2.24) is 9.88 Å². The average Bonchev–Trinajstić information content (AvgIpc) is 2.38. The van der Waals surface area contributed by atoms with Crippen LogP contribution in [0.4, 0.5) is 19.0 Å². The first kappa shape index (κ1) is 14.1. The zero-order valence-corrected chi connectivity index (χ0v) is 10.5. The zero-order chi connectivity index (χ0) is 13.9. The summed E-state index contributed by atoms with van der Waals surface area (Å²) in [4.78, 5) is 5.80. The number of halogens is 3. The number of rotatable bonds is 3. The first-order valence-corrected chi connectivity index (χ1v) is 6.19. The number of nitrogens with zero attached hydrogens (tertiary/aromatic N) is 2. The molecule has 1 aromatic heterocycles. The molecule has 106 valence electrons. The van der Waals surface area contributed by atoms with Gasteiger partial charge in [0.05, 0.1) is 5.92 Å². The monoisotopic (exact) mass is 274 g/mol. The lowest BCUT2D eigenvalue weighted by atomic mass is 9.97. The second-order valence-corrected chi connectivity index (χ2v) is 4.81. The molecule has 3 N–H and O–H groups in total. The maximum atomic E-state index is 12.7. The molecule has 0 amide bonds. The number of piperidine rings is 1. The summed E-state index contributed by atoms with van der Waals surface area (Å²) >= 11 is 0. The summed E-state index contributed by atoms with van der Waals surface area (Å²) in [6.07, 6.45) is -1.69. The Morgan fingerprint density at radius 3 is 2.95 bits per heavy atom. The fraction of sp³-hybridized carbons (Fsp3) is 0.583. The summed E-state index contributed by atoms with van der Waals surface area (Å²) in [5.41, 5.74) is 3.34. The molecule has 7 heteroatoms. The van der Waals surface area contributed by atoms with Crippen molar-refractivity contribution in [2.24, 2.45) is 11.8 Å². The molecule has 1 aliphatic rings. The Bertz CT molecular complexity index is 422. The molecular weight excluding hydrogens is 257 g/mol. The van der Waals surface area contributed by atoms with Crippen LogP contribution in [-0.2, 0) is 6.54 Å². The third kappa shape index (κ3) is 3.81. The van der Waals surface area contributed by atoms with Gasteiger partial charge in [0, 0.05) is 19.3 Å². The summed E-state index contributed by atoms with van der Waals surface area (Å²) in [5, 5.41) is 0. The van der Waals surface area contributed by atoms with Gasteiger partial charge in [-0.2, -0.15) is 13.2 Å². The van der Waals surface area contributed by atoms with E-state index in [1.807, 2.05) is 4.90 Å². The smallest absolute Gasteiger partial charge is 0.308 e. The number of hydrogen-bond acceptors (Lipinski definition) is 4. The second-order valence-electron chi connectivity index (χ2n) is 4.81. The van der Waals surface area contributed by atoms with Crippen LogP contribution in [0.1, 0.15) is 18.4 Å². The van der Waals surface area contributed by atoms with E-state index in [0.717, 1.165) is 5.56 Å². The molecular formula is C12H17F3N4. The quantitative estimate of drug-likeness (QED) is 0.655. The Morgan fingerprint density at radius 1 is 1.47 bits per heavy atom. The van der Waals surface area contributed by atoms with Gasteiger partial charge in [0.2, 0.25) is 0 Å². The predicted molar refractivity (Wildman–Crippen MR) is 66.1 cm³/mol. The van der Waals surface area contributed by atoms with Gasteiger partial charge in [-0.15, -0.1) is 0 Å². The van der Waals surface area contributed by atoms with E-state index in [0.29, 0.717) is 25.3 Å². The highest BCUT2D eigenvalue weighted by atomic mass is 19.4. The number of hydrazine groups is 1. The molecule has 1 aromatic rings. The van der Waals surface area contributed by atoms with E-state index in [2.05, 4.69) is 10.4 Å². The topological polar surface area (TPSA) is 54.2 Å². The Balaban J connectivity index is 1.98. The van der Waals surface area contributed by atoms with Crippen LogP contribution in [0, 0.1) is 5.92 Å². The van der Waals surface area contributed by atoms with E-state index in [9.17, 15) is 13.2 Å². The fourth-order valence-corrected chi connectivity index (χ4v) is 2.38. The number of nitrogens with one attached hydrogen (secondary N) is 1. The SMILES string of the molecule is NNc1cc(CN2CCCC(C(F)(F)F)C2)ccn1. The van der Waals surface area contributed by atoms with Gasteiger partial charge in [-0.25, -0.2) is 10.8 Å². The molecule has 4 nitrogen and oxygen atoms in total. The second kappa shape index (κ2) is 5.75. The number of hydrogen-bond donors (Lipinski definition) is 2. The van der Waals surface area contributed by atoms with Crippen molar-refractivity contribution in [3.63, 3.8) is 0 Å². The van der Waals surface area contributed by atoms with Crippen molar-refractivity contribution in [3.8, 4) is 0 Å². The van der Waals surface area contributed by atoms with Crippen LogP contribution in [0.25, 0.3) is 0 Å². The van der Waals surface area contributed by atoms with Gasteiger partial charge in [0.25, 0.3) is 0 Å². The molecule has 1 atom stereocenters. The third-order valence-corrected chi connectivity index (χ3v) is 3.35. The highest BCUT2D eigenvalue weighted by molar-refractivity contribution is 5.35. The van der Waals surface area contributed by atoms with Crippen LogP contribution in [0.3, 0.4) is 0 Å². The number of aromatic nitrogens is 1. The van der Waals surface area contributed by atoms with Crippen LogP contribution < -0.4 is 11.3 Å². The van der Waals surface area contributed by atoms with Crippen LogP contribution in [0.2, 0.25) is 0 Å². The van der Waals surface area contributed by atoms with Crippen LogP contribution >= 0.6 is 0 Å². The highest BCUT2D eigenvalue weighted by Gasteiger charge is 2.41. The standard InChI is InChI=1S/C12H17F3N4/c13-12(14,15)10-2-1-5-19(8-10)7-9-3-4-17-11(6-9)18-16/h3-4,6,10H,1-2,5,7-8,16H2,(H,17,18). The van der Waals surface area contributed by atoms with Crippen molar-refractivity contribution in [3.05, 3.63) is 23.9 Å². The van der Waals surface area contributed by atoms with E-state index < -0.39 is 12.1 Å². The summed E-state index contributed by atoms with van der Waals surface area (Å²) in [6.45, 7) is 1.25. The Kier molecular flexibility index (Phi) is 4.26. The minimum absolute atomic E-state index is 0.0667. The van der Waals surface area contributed by atoms with Crippen molar-refractivity contribution < 1.29 is 13.2 Å². The van der Waals surface area contributed by atoms with Gasteiger partial charge < -0.3 is 5.43 Å². The predicted octanol–water partition coefficient (Wildman–Crippen LogP) is 2.14. The third-order valence-electron chi connectivity index (χ3n) is 3.35. The first-order chi connectivity index (χ1) is 8.99. The molecule has 0 saturated carbocycles. The van der Waals surface area contributed by atoms with Crippen molar-refractivity contribution >= 4 is 5.82 Å². The highest BCUT2D eigenvalue weighted by Crippen LogP contribution is 2.33. The molecule has 0 spiro atoms. The van der Waals surface area contributed by atoms with Gasteiger partial charge in [-0.1, -0.05) is 0 Å². The summed E-state index contributed by atoms with van der Waals surface area (Å²) in [5.74, 6) is 4.56. The first-order valence-electron chi connectivity index (χ1n) is 6.19. The number of nitrogen functional groups attached to an aromatic ring is 1. The van der Waals surface area contributed by atoms with Crippen LogP contribution in [0.5, 0.6) is 0 Å². The molecule has 1 saturated heterocycles. The molecule has 2 heterocycles.